The van der Waals surface area contributed by atoms with Gasteiger partial charge in [-0.05, 0) is 76.0 Å². The Bertz CT molecular complexity index is 1130. The van der Waals surface area contributed by atoms with Crippen molar-refractivity contribution in [2.45, 2.75) is 82.2 Å². The number of nitrogens with two attached hydrogens (primary N) is 1. The Morgan fingerprint density at radius 3 is 2.37 bits per heavy atom. The van der Waals surface area contributed by atoms with Crippen LogP contribution in [0.25, 0.3) is 0 Å². The molecule has 0 aromatic heterocycles. The topological polar surface area (TPSA) is 105 Å². The minimum absolute atomic E-state index is 0.0444. The number of amides is 3. The minimum atomic E-state index is -1.06. The van der Waals surface area contributed by atoms with Gasteiger partial charge < -0.3 is 21.3 Å². The standard InChI is InChI=1S/C31H42N4O3/c1-4-33-27(36)24-21-31(25-15-9-8-14-23(24)25)17-19-35(20-18-31)28(37)26(34-29(38)30(2,3)32)16-10-13-22-11-6-5-7-12-22/h5-9,11-12,14-15,24,26H,4,10,13,16-21,32H2,1-3H3,(H,33,36)(H,34,38)/t24-,26-/m1/s1. The number of hydrogen-bond acceptors (Lipinski definition) is 4. The largest absolute Gasteiger partial charge is 0.356 e. The molecule has 1 saturated heterocycles. The molecule has 3 amide bonds. The van der Waals surface area contributed by atoms with Gasteiger partial charge in [-0.3, -0.25) is 14.4 Å². The summed E-state index contributed by atoms with van der Waals surface area (Å²) in [5, 5.41) is 5.94. The number of carbonyl (C=O) groups excluding carboxylic acids is 3. The molecule has 2 aromatic rings. The third-order valence-corrected chi connectivity index (χ3v) is 8.19. The van der Waals surface area contributed by atoms with Crippen LogP contribution in [0, 0.1) is 0 Å². The van der Waals surface area contributed by atoms with E-state index in [0.717, 1.165) is 37.7 Å². The lowest BCUT2D eigenvalue weighted by molar-refractivity contribution is -0.139. The fraction of sp³-hybridized carbons (Fsp3) is 0.516. The number of rotatable bonds is 9. The normalized spacial score (nSPS) is 19.1. The highest BCUT2D eigenvalue weighted by atomic mass is 16.2. The predicted molar refractivity (Wildman–Crippen MR) is 150 cm³/mol. The predicted octanol–water partition coefficient (Wildman–Crippen LogP) is 3.42. The van der Waals surface area contributed by atoms with Crippen molar-refractivity contribution in [1.82, 2.24) is 15.5 Å². The Morgan fingerprint density at radius 1 is 1.05 bits per heavy atom. The number of carbonyl (C=O) groups is 3. The molecule has 1 fully saturated rings. The van der Waals surface area contributed by atoms with Crippen LogP contribution >= 0.6 is 0 Å². The van der Waals surface area contributed by atoms with Crippen molar-refractivity contribution in [3.05, 3.63) is 71.3 Å². The van der Waals surface area contributed by atoms with Crippen LogP contribution in [0.2, 0.25) is 0 Å². The maximum atomic E-state index is 13.7. The Labute approximate surface area is 226 Å². The first-order valence-electron chi connectivity index (χ1n) is 13.9. The van der Waals surface area contributed by atoms with Gasteiger partial charge in [0, 0.05) is 25.0 Å². The highest BCUT2D eigenvalue weighted by Crippen LogP contribution is 2.51. The van der Waals surface area contributed by atoms with Crippen LogP contribution in [0.1, 0.15) is 75.5 Å². The van der Waals surface area contributed by atoms with E-state index in [-0.39, 0.29) is 29.1 Å². The van der Waals surface area contributed by atoms with Crippen LogP contribution in [-0.4, -0.2) is 53.8 Å². The number of benzene rings is 2. The van der Waals surface area contributed by atoms with Crippen molar-refractivity contribution >= 4 is 17.7 Å². The fourth-order valence-corrected chi connectivity index (χ4v) is 6.03. The van der Waals surface area contributed by atoms with Crippen LogP contribution in [0.3, 0.4) is 0 Å². The zero-order valence-corrected chi connectivity index (χ0v) is 23.0. The Morgan fingerprint density at radius 2 is 1.71 bits per heavy atom. The second kappa shape index (κ2) is 11.7. The summed E-state index contributed by atoms with van der Waals surface area (Å²) in [4.78, 5) is 41.2. The van der Waals surface area contributed by atoms with E-state index in [0.29, 0.717) is 26.1 Å². The lowest BCUT2D eigenvalue weighted by Crippen LogP contribution is -2.57. The summed E-state index contributed by atoms with van der Waals surface area (Å²) in [5.41, 5.74) is 8.46. The number of nitrogens with one attached hydrogen (secondary N) is 2. The van der Waals surface area contributed by atoms with E-state index in [1.807, 2.05) is 42.2 Å². The number of likely N-dealkylation sites (N-methyl/N-ethyl adjacent to an activating group) is 1. The summed E-state index contributed by atoms with van der Waals surface area (Å²) in [5.74, 6) is -0.429. The lowest BCUT2D eigenvalue weighted by atomic mass is 9.73. The molecule has 0 bridgehead atoms. The monoisotopic (exact) mass is 518 g/mol. The van der Waals surface area contributed by atoms with Crippen molar-refractivity contribution in [2.24, 2.45) is 5.73 Å². The molecule has 38 heavy (non-hydrogen) atoms. The highest BCUT2D eigenvalue weighted by Gasteiger charge is 2.48. The molecule has 7 heteroatoms. The summed E-state index contributed by atoms with van der Waals surface area (Å²) in [6.45, 7) is 7.07. The number of hydrogen-bond donors (Lipinski definition) is 3. The van der Waals surface area contributed by atoms with E-state index >= 15 is 0 Å². The van der Waals surface area contributed by atoms with Gasteiger partial charge in [0.2, 0.25) is 17.7 Å². The summed E-state index contributed by atoms with van der Waals surface area (Å²) in [6, 6.07) is 17.8. The average molecular weight is 519 g/mol. The van der Waals surface area contributed by atoms with Gasteiger partial charge in [0.1, 0.15) is 6.04 Å². The molecular formula is C31H42N4O3. The van der Waals surface area contributed by atoms with Gasteiger partial charge in [-0.2, -0.15) is 0 Å². The molecule has 0 unspecified atom stereocenters. The second-order valence-electron chi connectivity index (χ2n) is 11.5. The third kappa shape index (κ3) is 6.09. The summed E-state index contributed by atoms with van der Waals surface area (Å²) in [6.07, 6.45) is 4.56. The van der Waals surface area contributed by atoms with Crippen LogP contribution in [-0.2, 0) is 26.2 Å². The van der Waals surface area contributed by atoms with Crippen molar-refractivity contribution in [3.8, 4) is 0 Å². The zero-order valence-electron chi connectivity index (χ0n) is 23.0. The molecule has 2 aliphatic rings. The van der Waals surface area contributed by atoms with Crippen molar-refractivity contribution < 1.29 is 14.4 Å². The number of aryl methyl sites for hydroxylation is 1. The SMILES string of the molecule is CCNC(=O)[C@@H]1CC2(CCN(C(=O)[C@@H](CCCc3ccccc3)NC(=O)C(C)(C)N)CC2)c2ccccc21. The lowest BCUT2D eigenvalue weighted by Gasteiger charge is -2.41. The van der Waals surface area contributed by atoms with Crippen molar-refractivity contribution in [3.63, 3.8) is 0 Å². The Kier molecular flexibility index (Phi) is 8.56. The molecule has 0 saturated carbocycles. The summed E-state index contributed by atoms with van der Waals surface area (Å²) >= 11 is 0. The Hall–Kier alpha value is -3.19. The van der Waals surface area contributed by atoms with Crippen molar-refractivity contribution in [2.75, 3.05) is 19.6 Å². The second-order valence-corrected chi connectivity index (χ2v) is 11.5. The molecular weight excluding hydrogens is 476 g/mol. The average Bonchev–Trinajstić information content (AvgIpc) is 3.22. The Balaban J connectivity index is 1.45. The molecule has 204 valence electrons. The number of fused-ring (bicyclic) bond motifs is 2. The number of likely N-dealkylation sites (tertiary alicyclic amines) is 1. The van der Waals surface area contributed by atoms with Gasteiger partial charge in [-0.15, -0.1) is 0 Å². The van der Waals surface area contributed by atoms with Gasteiger partial charge >= 0.3 is 0 Å². The first kappa shape index (κ1) is 27.8. The first-order chi connectivity index (χ1) is 18.1. The van der Waals surface area contributed by atoms with E-state index in [9.17, 15) is 14.4 Å². The molecule has 4 rings (SSSR count). The molecule has 4 N–H and O–H groups in total. The quantitative estimate of drug-likeness (QED) is 0.473. The maximum absolute atomic E-state index is 13.7. The molecule has 1 aliphatic carbocycles. The van der Waals surface area contributed by atoms with Crippen LogP contribution < -0.4 is 16.4 Å². The van der Waals surface area contributed by atoms with Crippen LogP contribution in [0.5, 0.6) is 0 Å². The smallest absolute Gasteiger partial charge is 0.245 e. The third-order valence-electron chi connectivity index (χ3n) is 8.19. The van der Waals surface area contributed by atoms with E-state index in [4.69, 9.17) is 5.73 Å². The molecule has 1 heterocycles. The fourth-order valence-electron chi connectivity index (χ4n) is 6.03. The van der Waals surface area contributed by atoms with E-state index in [1.54, 1.807) is 13.8 Å². The van der Waals surface area contributed by atoms with E-state index in [2.05, 4.69) is 34.9 Å². The number of piperidine rings is 1. The minimum Gasteiger partial charge on any atom is -0.356 e. The maximum Gasteiger partial charge on any atom is 0.245 e. The molecule has 7 nitrogen and oxygen atoms in total. The van der Waals surface area contributed by atoms with E-state index < -0.39 is 11.6 Å². The summed E-state index contributed by atoms with van der Waals surface area (Å²) in [7, 11) is 0. The molecule has 1 aliphatic heterocycles. The van der Waals surface area contributed by atoms with Crippen LogP contribution in [0.4, 0.5) is 0 Å². The van der Waals surface area contributed by atoms with E-state index in [1.165, 1.54) is 11.1 Å². The molecule has 1 spiro atoms. The van der Waals surface area contributed by atoms with Gasteiger partial charge in [0.15, 0.2) is 0 Å². The highest BCUT2D eigenvalue weighted by molar-refractivity contribution is 5.91. The van der Waals surface area contributed by atoms with Gasteiger partial charge in [0.05, 0.1) is 11.5 Å². The van der Waals surface area contributed by atoms with Gasteiger partial charge in [0.25, 0.3) is 0 Å². The first-order valence-corrected chi connectivity index (χ1v) is 13.9. The molecule has 0 radical (unpaired) electrons. The van der Waals surface area contributed by atoms with Gasteiger partial charge in [-0.25, -0.2) is 0 Å². The molecule has 2 atom stereocenters. The molecule has 2 aromatic carbocycles. The van der Waals surface area contributed by atoms with Gasteiger partial charge in [-0.1, -0.05) is 54.6 Å². The van der Waals surface area contributed by atoms with Crippen molar-refractivity contribution in [1.29, 1.82) is 0 Å². The number of nitrogens with zero attached hydrogens (tertiary/aromatic N) is 1. The summed E-state index contributed by atoms with van der Waals surface area (Å²) < 4.78 is 0. The van der Waals surface area contributed by atoms with Crippen LogP contribution in [0.15, 0.2) is 54.6 Å². The zero-order chi connectivity index (χ0) is 27.3.